The van der Waals surface area contributed by atoms with E-state index in [0.29, 0.717) is 30.6 Å². The summed E-state index contributed by atoms with van der Waals surface area (Å²) >= 11 is 0. The standard InChI is InChI=1S/C22H24FN7O/c1-31-19-9-15(23)7-6-14(19)11-29-12-16(8-13-4-2-3-5-18(13)29)30-20(24)17-10-26-28-21(17)27-22(30)25/h2-7,9-10,16,20H,8,11-12,24H2,1H3,(H3,25,26,27,28). The first-order valence-corrected chi connectivity index (χ1v) is 10.1. The normalized spacial score (nSPS) is 20.2. The quantitative estimate of drug-likeness (QED) is 0.597. The van der Waals surface area contributed by atoms with Gasteiger partial charge < -0.3 is 26.0 Å². The molecule has 3 heterocycles. The first kappa shape index (κ1) is 19.4. The number of halogens is 1. The van der Waals surface area contributed by atoms with E-state index in [0.717, 1.165) is 23.2 Å². The lowest BCUT2D eigenvalue weighted by atomic mass is 9.95. The van der Waals surface area contributed by atoms with E-state index < -0.39 is 6.17 Å². The fraction of sp³-hybridized carbons (Fsp3) is 0.273. The lowest BCUT2D eigenvalue weighted by molar-refractivity contribution is 0.228. The van der Waals surface area contributed by atoms with Crippen LogP contribution in [0.3, 0.4) is 0 Å². The highest BCUT2D eigenvalue weighted by molar-refractivity contribution is 5.84. The summed E-state index contributed by atoms with van der Waals surface area (Å²) in [6.07, 6.45) is 2.04. The molecule has 0 aliphatic carbocycles. The highest BCUT2D eigenvalue weighted by atomic mass is 19.1. The number of anilines is 1. The third kappa shape index (κ3) is 3.36. The Hall–Kier alpha value is -3.59. The summed E-state index contributed by atoms with van der Waals surface area (Å²) in [7, 11) is 1.55. The van der Waals surface area contributed by atoms with Crippen LogP contribution < -0.4 is 21.1 Å². The average Bonchev–Trinajstić information content (AvgIpc) is 3.23. The average molecular weight is 421 g/mol. The fourth-order valence-corrected chi connectivity index (χ4v) is 4.53. The first-order valence-electron chi connectivity index (χ1n) is 10.1. The lowest BCUT2D eigenvalue weighted by Crippen LogP contribution is -2.56. The zero-order chi connectivity index (χ0) is 21.5. The molecular weight excluding hydrogens is 397 g/mol. The SMILES string of the molecule is COc1cc(F)ccc1CN1CC(N2C(N)=Nc3[nH]ncc3C2N)Cc2ccccc21. The third-order valence-corrected chi connectivity index (χ3v) is 5.98. The van der Waals surface area contributed by atoms with Crippen LogP contribution in [0.5, 0.6) is 5.75 Å². The molecule has 1 aromatic heterocycles. The topological polar surface area (TPSA) is 109 Å². The third-order valence-electron chi connectivity index (χ3n) is 5.98. The van der Waals surface area contributed by atoms with Crippen molar-refractivity contribution in [1.82, 2.24) is 15.1 Å². The van der Waals surface area contributed by atoms with Crippen molar-refractivity contribution in [3.05, 3.63) is 71.2 Å². The van der Waals surface area contributed by atoms with Crippen molar-refractivity contribution in [2.75, 3.05) is 18.6 Å². The largest absolute Gasteiger partial charge is 0.496 e. The Bertz CT molecular complexity index is 1140. The number of benzene rings is 2. The minimum Gasteiger partial charge on any atom is -0.496 e. The Morgan fingerprint density at radius 1 is 1.26 bits per heavy atom. The summed E-state index contributed by atoms with van der Waals surface area (Å²) in [5.74, 6) is 1.17. The highest BCUT2D eigenvalue weighted by Gasteiger charge is 2.36. The number of aromatic nitrogens is 2. The molecule has 0 bridgehead atoms. The van der Waals surface area contributed by atoms with Gasteiger partial charge in [-0.05, 0) is 24.1 Å². The number of aliphatic imine (C=N–C) groups is 1. The number of H-pyrrole nitrogens is 1. The van der Waals surface area contributed by atoms with Crippen LogP contribution in [0.2, 0.25) is 0 Å². The molecule has 0 radical (unpaired) electrons. The van der Waals surface area contributed by atoms with Crippen LogP contribution in [0, 0.1) is 5.82 Å². The van der Waals surface area contributed by atoms with Gasteiger partial charge in [0, 0.05) is 30.4 Å². The molecule has 8 nitrogen and oxygen atoms in total. The number of aromatic amines is 1. The molecule has 31 heavy (non-hydrogen) atoms. The molecule has 0 amide bonds. The zero-order valence-electron chi connectivity index (χ0n) is 17.1. The second kappa shape index (κ2) is 7.59. The molecule has 2 aromatic carbocycles. The summed E-state index contributed by atoms with van der Waals surface area (Å²) in [5.41, 5.74) is 16.9. The van der Waals surface area contributed by atoms with Crippen LogP contribution >= 0.6 is 0 Å². The van der Waals surface area contributed by atoms with E-state index >= 15 is 0 Å². The van der Waals surface area contributed by atoms with Gasteiger partial charge in [-0.25, -0.2) is 4.39 Å². The molecule has 2 unspecified atom stereocenters. The summed E-state index contributed by atoms with van der Waals surface area (Å²) in [6, 6.07) is 12.9. The van der Waals surface area contributed by atoms with Crippen molar-refractivity contribution in [2.45, 2.75) is 25.2 Å². The summed E-state index contributed by atoms with van der Waals surface area (Å²) in [5, 5.41) is 6.89. The predicted molar refractivity (Wildman–Crippen MR) is 117 cm³/mol. The number of hydrogen-bond acceptors (Lipinski definition) is 7. The van der Waals surface area contributed by atoms with Gasteiger partial charge in [0.05, 0.1) is 24.9 Å². The number of ether oxygens (including phenoxy) is 1. The van der Waals surface area contributed by atoms with E-state index in [1.807, 2.05) is 17.0 Å². The predicted octanol–water partition coefficient (Wildman–Crippen LogP) is 2.41. The van der Waals surface area contributed by atoms with Crippen LogP contribution in [0.15, 0.2) is 53.7 Å². The second-order valence-electron chi connectivity index (χ2n) is 7.82. The van der Waals surface area contributed by atoms with E-state index in [4.69, 9.17) is 16.2 Å². The Labute approximate surface area is 179 Å². The zero-order valence-corrected chi connectivity index (χ0v) is 17.1. The number of nitrogens with one attached hydrogen (secondary N) is 1. The molecule has 5 rings (SSSR count). The highest BCUT2D eigenvalue weighted by Crippen LogP contribution is 2.36. The van der Waals surface area contributed by atoms with Crippen molar-refractivity contribution >= 4 is 17.5 Å². The number of nitrogens with zero attached hydrogens (tertiary/aromatic N) is 4. The van der Waals surface area contributed by atoms with Gasteiger partial charge in [-0.3, -0.25) is 5.10 Å². The van der Waals surface area contributed by atoms with Gasteiger partial charge in [0.25, 0.3) is 0 Å². The van der Waals surface area contributed by atoms with Crippen LogP contribution in [-0.4, -0.2) is 40.8 Å². The summed E-state index contributed by atoms with van der Waals surface area (Å²) < 4.78 is 19.1. The minimum absolute atomic E-state index is 0.00291. The number of methoxy groups -OCH3 is 1. The molecule has 5 N–H and O–H groups in total. The number of nitrogens with two attached hydrogens (primary N) is 2. The molecule has 3 aromatic rings. The number of guanidine groups is 1. The van der Waals surface area contributed by atoms with Gasteiger partial charge in [0.15, 0.2) is 11.8 Å². The van der Waals surface area contributed by atoms with E-state index in [-0.39, 0.29) is 11.9 Å². The van der Waals surface area contributed by atoms with Gasteiger partial charge in [-0.1, -0.05) is 24.3 Å². The smallest absolute Gasteiger partial charge is 0.199 e. The maximum absolute atomic E-state index is 13.7. The van der Waals surface area contributed by atoms with Gasteiger partial charge in [-0.2, -0.15) is 10.1 Å². The Kier molecular flexibility index (Phi) is 4.74. The molecule has 2 aliphatic heterocycles. The van der Waals surface area contributed by atoms with Crippen molar-refractivity contribution in [2.24, 2.45) is 16.5 Å². The first-order chi connectivity index (χ1) is 15.0. The van der Waals surface area contributed by atoms with Gasteiger partial charge >= 0.3 is 0 Å². The Morgan fingerprint density at radius 2 is 2.10 bits per heavy atom. The van der Waals surface area contributed by atoms with Gasteiger partial charge in [0.2, 0.25) is 0 Å². The minimum atomic E-state index is -0.441. The van der Waals surface area contributed by atoms with E-state index in [1.54, 1.807) is 19.4 Å². The van der Waals surface area contributed by atoms with E-state index in [1.165, 1.54) is 17.7 Å². The maximum Gasteiger partial charge on any atom is 0.199 e. The molecule has 2 atom stereocenters. The Morgan fingerprint density at radius 3 is 2.94 bits per heavy atom. The van der Waals surface area contributed by atoms with Crippen molar-refractivity contribution in [3.63, 3.8) is 0 Å². The molecule has 9 heteroatoms. The molecule has 0 fully saturated rings. The number of rotatable bonds is 4. The number of fused-ring (bicyclic) bond motifs is 2. The van der Waals surface area contributed by atoms with Crippen LogP contribution in [-0.2, 0) is 13.0 Å². The van der Waals surface area contributed by atoms with Crippen LogP contribution in [0.1, 0.15) is 22.9 Å². The van der Waals surface area contributed by atoms with Crippen LogP contribution in [0.25, 0.3) is 0 Å². The fourth-order valence-electron chi connectivity index (χ4n) is 4.53. The second-order valence-corrected chi connectivity index (χ2v) is 7.82. The molecule has 2 aliphatic rings. The van der Waals surface area contributed by atoms with Crippen molar-refractivity contribution in [1.29, 1.82) is 0 Å². The summed E-state index contributed by atoms with van der Waals surface area (Å²) in [4.78, 5) is 8.67. The Balaban J connectivity index is 1.49. The molecular formula is C22H24FN7O. The van der Waals surface area contributed by atoms with Gasteiger partial charge in [-0.15, -0.1) is 0 Å². The molecule has 0 saturated carbocycles. The monoisotopic (exact) mass is 421 g/mol. The van der Waals surface area contributed by atoms with Gasteiger partial charge in [0.1, 0.15) is 17.7 Å². The van der Waals surface area contributed by atoms with Crippen molar-refractivity contribution in [3.8, 4) is 5.75 Å². The lowest BCUT2D eigenvalue weighted by Gasteiger charge is -2.44. The molecule has 0 saturated heterocycles. The molecule has 0 spiro atoms. The number of hydrogen-bond donors (Lipinski definition) is 3. The molecule has 160 valence electrons. The van der Waals surface area contributed by atoms with Crippen molar-refractivity contribution < 1.29 is 9.13 Å². The van der Waals surface area contributed by atoms with Crippen LogP contribution in [0.4, 0.5) is 15.9 Å². The summed E-state index contributed by atoms with van der Waals surface area (Å²) in [6.45, 7) is 1.24. The van der Waals surface area contributed by atoms with E-state index in [2.05, 4.69) is 32.2 Å². The number of para-hydroxylation sites is 1. The van der Waals surface area contributed by atoms with E-state index in [9.17, 15) is 4.39 Å². The maximum atomic E-state index is 13.7.